The van der Waals surface area contributed by atoms with E-state index in [1.807, 2.05) is 52.1 Å². The molecule has 3 heterocycles. The van der Waals surface area contributed by atoms with E-state index in [9.17, 15) is 4.79 Å². The summed E-state index contributed by atoms with van der Waals surface area (Å²) in [7, 11) is 1.38. The molecule has 9 heteroatoms. The van der Waals surface area contributed by atoms with Crippen molar-refractivity contribution in [3.05, 3.63) is 82.4 Å². The van der Waals surface area contributed by atoms with Gasteiger partial charge in [0.15, 0.2) is 5.11 Å². The van der Waals surface area contributed by atoms with E-state index in [1.165, 1.54) is 7.11 Å². The number of pyridine rings is 1. The molecule has 1 aromatic carbocycles. The summed E-state index contributed by atoms with van der Waals surface area (Å²) in [6, 6.07) is 14.7. The van der Waals surface area contributed by atoms with Crippen molar-refractivity contribution in [3.63, 3.8) is 0 Å². The highest BCUT2D eigenvalue weighted by molar-refractivity contribution is 7.80. The van der Waals surface area contributed by atoms with E-state index in [1.54, 1.807) is 18.3 Å². The third kappa shape index (κ3) is 4.39. The summed E-state index contributed by atoms with van der Waals surface area (Å²) in [5.41, 5.74) is 2.61. The van der Waals surface area contributed by atoms with Gasteiger partial charge in [0.05, 0.1) is 42.0 Å². The number of nitrogens with one attached hydrogen (secondary N) is 1. The molecule has 1 aliphatic heterocycles. The second kappa shape index (κ2) is 9.26. The molecular formula is C22H20Cl2N4O2S. The van der Waals surface area contributed by atoms with Crippen molar-refractivity contribution in [1.82, 2.24) is 19.8 Å². The number of benzene rings is 1. The lowest BCUT2D eigenvalue weighted by atomic mass is 10.0. The molecule has 4 rings (SSSR count). The van der Waals surface area contributed by atoms with E-state index in [0.717, 1.165) is 17.1 Å². The normalized spacial score (nSPS) is 18.2. The van der Waals surface area contributed by atoms with E-state index in [4.69, 9.17) is 40.2 Å². The number of nitrogens with zero attached hydrogens (tertiary/aromatic N) is 3. The molecular weight excluding hydrogens is 455 g/mol. The minimum atomic E-state index is -0.293. The van der Waals surface area contributed by atoms with Gasteiger partial charge in [0.1, 0.15) is 0 Å². The van der Waals surface area contributed by atoms with Gasteiger partial charge in [0.25, 0.3) is 0 Å². The molecule has 0 bridgehead atoms. The predicted octanol–water partition coefficient (Wildman–Crippen LogP) is 4.71. The van der Waals surface area contributed by atoms with Gasteiger partial charge in [-0.25, -0.2) is 0 Å². The van der Waals surface area contributed by atoms with Crippen molar-refractivity contribution < 1.29 is 9.53 Å². The molecule has 0 saturated carbocycles. The van der Waals surface area contributed by atoms with Gasteiger partial charge in [0, 0.05) is 29.7 Å². The lowest BCUT2D eigenvalue weighted by molar-refractivity contribution is -0.140. The van der Waals surface area contributed by atoms with Crippen molar-refractivity contribution in [1.29, 1.82) is 0 Å². The van der Waals surface area contributed by atoms with Crippen LogP contribution in [0.15, 0.2) is 60.9 Å². The SMILES string of the molecule is COC(=O)CCN1C(=S)N[C@@H](c2ccccn2)[C@@H]1c1cccn1-c1ccc(Cl)cc1Cl. The van der Waals surface area contributed by atoms with Gasteiger partial charge in [-0.15, -0.1) is 0 Å². The molecule has 1 N–H and O–H groups in total. The fourth-order valence-electron chi connectivity index (χ4n) is 3.81. The maximum Gasteiger partial charge on any atom is 0.307 e. The van der Waals surface area contributed by atoms with Crippen LogP contribution in [0.3, 0.4) is 0 Å². The third-order valence-corrected chi connectivity index (χ3v) is 6.13. The van der Waals surface area contributed by atoms with Crippen LogP contribution in [0.2, 0.25) is 10.0 Å². The summed E-state index contributed by atoms with van der Waals surface area (Å²) in [6.45, 7) is 0.409. The lowest BCUT2D eigenvalue weighted by Crippen LogP contribution is -2.32. The number of methoxy groups -OCH3 is 1. The number of carbonyl (C=O) groups is 1. The number of thiocarbonyl (C=S) groups is 1. The summed E-state index contributed by atoms with van der Waals surface area (Å²) < 4.78 is 6.84. The Hall–Kier alpha value is -2.61. The highest BCUT2D eigenvalue weighted by Crippen LogP contribution is 2.40. The highest BCUT2D eigenvalue weighted by Gasteiger charge is 2.41. The molecule has 0 radical (unpaired) electrons. The Morgan fingerprint density at radius 3 is 2.77 bits per heavy atom. The maximum atomic E-state index is 11.8. The van der Waals surface area contributed by atoms with Crippen LogP contribution in [-0.4, -0.2) is 39.2 Å². The fourth-order valence-corrected chi connectivity index (χ4v) is 4.64. The van der Waals surface area contributed by atoms with Crippen molar-refractivity contribution in [2.45, 2.75) is 18.5 Å². The number of ether oxygens (including phenoxy) is 1. The Kier molecular flexibility index (Phi) is 6.46. The second-order valence-electron chi connectivity index (χ2n) is 7.04. The number of aromatic nitrogens is 2. The Morgan fingerprint density at radius 2 is 2.06 bits per heavy atom. The topological polar surface area (TPSA) is 59.4 Å². The average molecular weight is 475 g/mol. The number of rotatable bonds is 6. The molecule has 3 aromatic rings. The van der Waals surface area contributed by atoms with Crippen LogP contribution >= 0.6 is 35.4 Å². The summed E-state index contributed by atoms with van der Waals surface area (Å²) in [6.07, 6.45) is 3.91. The maximum absolute atomic E-state index is 11.8. The van der Waals surface area contributed by atoms with E-state index in [-0.39, 0.29) is 24.5 Å². The van der Waals surface area contributed by atoms with Crippen LogP contribution in [-0.2, 0) is 9.53 Å². The van der Waals surface area contributed by atoms with Gasteiger partial charge in [0.2, 0.25) is 0 Å². The minimum Gasteiger partial charge on any atom is -0.469 e. The molecule has 0 unspecified atom stereocenters. The van der Waals surface area contributed by atoms with E-state index < -0.39 is 0 Å². The zero-order valence-electron chi connectivity index (χ0n) is 16.7. The van der Waals surface area contributed by atoms with Gasteiger partial charge >= 0.3 is 5.97 Å². The fraction of sp³-hybridized carbons (Fsp3) is 0.227. The van der Waals surface area contributed by atoms with Crippen LogP contribution in [0, 0.1) is 0 Å². The minimum absolute atomic E-state index is 0.203. The number of halogens is 2. The molecule has 0 spiro atoms. The third-order valence-electron chi connectivity index (χ3n) is 5.23. The molecule has 1 fully saturated rings. The zero-order valence-corrected chi connectivity index (χ0v) is 19.0. The van der Waals surface area contributed by atoms with Crippen LogP contribution in [0.5, 0.6) is 0 Å². The molecule has 1 aliphatic rings. The Labute approximate surface area is 195 Å². The Bertz CT molecular complexity index is 1110. The molecule has 2 aromatic heterocycles. The van der Waals surface area contributed by atoms with Crippen molar-refractivity contribution >= 4 is 46.5 Å². The van der Waals surface area contributed by atoms with Gasteiger partial charge in [-0.2, -0.15) is 0 Å². The summed E-state index contributed by atoms with van der Waals surface area (Å²) in [5, 5.41) is 5.04. The molecule has 1 saturated heterocycles. The van der Waals surface area contributed by atoms with E-state index in [2.05, 4.69) is 10.3 Å². The van der Waals surface area contributed by atoms with Crippen LogP contribution in [0.25, 0.3) is 5.69 Å². The van der Waals surface area contributed by atoms with Crippen LogP contribution in [0.1, 0.15) is 29.9 Å². The second-order valence-corrected chi connectivity index (χ2v) is 8.28. The Morgan fingerprint density at radius 1 is 1.23 bits per heavy atom. The summed E-state index contributed by atoms with van der Waals surface area (Å²) in [4.78, 5) is 18.4. The molecule has 0 aliphatic carbocycles. The Balaban J connectivity index is 1.78. The molecule has 160 valence electrons. The quantitative estimate of drug-likeness (QED) is 0.412. The van der Waals surface area contributed by atoms with Crippen molar-refractivity contribution in [2.75, 3.05) is 13.7 Å². The highest BCUT2D eigenvalue weighted by atomic mass is 35.5. The molecule has 0 amide bonds. The predicted molar refractivity (Wildman–Crippen MR) is 125 cm³/mol. The van der Waals surface area contributed by atoms with Gasteiger partial charge in [-0.3, -0.25) is 9.78 Å². The molecule has 2 atom stereocenters. The first-order valence-electron chi connectivity index (χ1n) is 9.67. The smallest absolute Gasteiger partial charge is 0.307 e. The molecule has 31 heavy (non-hydrogen) atoms. The summed E-state index contributed by atoms with van der Waals surface area (Å²) in [5.74, 6) is -0.293. The average Bonchev–Trinajstić information content (AvgIpc) is 3.36. The first-order valence-corrected chi connectivity index (χ1v) is 10.8. The largest absolute Gasteiger partial charge is 0.469 e. The first kappa shape index (κ1) is 21.6. The van der Waals surface area contributed by atoms with Crippen molar-refractivity contribution in [2.24, 2.45) is 0 Å². The van der Waals surface area contributed by atoms with Gasteiger partial charge in [-0.05, 0) is 54.7 Å². The monoisotopic (exact) mass is 474 g/mol. The van der Waals surface area contributed by atoms with Gasteiger partial charge in [-0.1, -0.05) is 29.3 Å². The number of esters is 1. The van der Waals surface area contributed by atoms with E-state index in [0.29, 0.717) is 21.7 Å². The van der Waals surface area contributed by atoms with Crippen LogP contribution < -0.4 is 5.32 Å². The number of hydrogen-bond donors (Lipinski definition) is 1. The first-order chi connectivity index (χ1) is 15.0. The van der Waals surface area contributed by atoms with Crippen molar-refractivity contribution in [3.8, 4) is 5.69 Å². The van der Waals surface area contributed by atoms with Crippen LogP contribution in [0.4, 0.5) is 0 Å². The number of carbonyl (C=O) groups excluding carboxylic acids is 1. The summed E-state index contributed by atoms with van der Waals surface area (Å²) >= 11 is 18.2. The van der Waals surface area contributed by atoms with Gasteiger partial charge < -0.3 is 19.5 Å². The van der Waals surface area contributed by atoms with E-state index >= 15 is 0 Å². The lowest BCUT2D eigenvalue weighted by Gasteiger charge is -2.28. The molecule has 6 nitrogen and oxygen atoms in total. The zero-order chi connectivity index (χ0) is 22.0. The standard InChI is InChI=1S/C22H20Cl2N4O2S/c1-30-19(29)9-12-28-21(20(26-22(28)31)16-5-2-3-10-25-16)18-6-4-11-27(18)17-8-7-14(23)13-15(17)24/h2-8,10-11,13,20-21H,9,12H2,1H3,(H,26,31)/t20-,21-/m0/s1. The number of hydrogen-bond acceptors (Lipinski definition) is 4.